The van der Waals surface area contributed by atoms with Gasteiger partial charge in [0.15, 0.2) is 0 Å². The van der Waals surface area contributed by atoms with Gasteiger partial charge >= 0.3 is 5.97 Å². The van der Waals surface area contributed by atoms with Gasteiger partial charge in [0.2, 0.25) is 0 Å². The minimum Gasteiger partial charge on any atom is -0.469 e. The lowest BCUT2D eigenvalue weighted by atomic mass is 9.59. The first-order valence-corrected chi connectivity index (χ1v) is 10.9. The van der Waals surface area contributed by atoms with Crippen molar-refractivity contribution in [2.75, 3.05) is 7.11 Å². The lowest BCUT2D eigenvalue weighted by molar-refractivity contribution is -0.140. The third-order valence-corrected chi connectivity index (χ3v) is 6.92. The van der Waals surface area contributed by atoms with Crippen LogP contribution in [-0.4, -0.2) is 41.3 Å². The van der Waals surface area contributed by atoms with Crippen molar-refractivity contribution in [2.24, 2.45) is 23.2 Å². The SMILES string of the molecule is CCC1CC(C)([C@H](O)C=C[C@H]2[C@H](O)CC(=O)[C@@H]2CCCCCCC(=O)OC)C1. The van der Waals surface area contributed by atoms with Gasteiger partial charge in [0.1, 0.15) is 5.78 Å². The van der Waals surface area contributed by atoms with Crippen molar-refractivity contribution in [2.45, 2.75) is 90.3 Å². The second-order valence-electron chi connectivity index (χ2n) is 9.12. The summed E-state index contributed by atoms with van der Waals surface area (Å²) in [6.07, 6.45) is 10.8. The number of aliphatic hydroxyl groups is 2. The van der Waals surface area contributed by atoms with E-state index in [4.69, 9.17) is 0 Å². The maximum absolute atomic E-state index is 12.3. The lowest BCUT2D eigenvalue weighted by Crippen LogP contribution is -2.43. The number of ketones is 1. The third kappa shape index (κ3) is 5.90. The average Bonchev–Trinajstić information content (AvgIpc) is 2.92. The maximum atomic E-state index is 12.3. The van der Waals surface area contributed by atoms with Crippen LogP contribution in [0.15, 0.2) is 12.2 Å². The number of esters is 1. The van der Waals surface area contributed by atoms with E-state index in [0.29, 0.717) is 12.3 Å². The number of rotatable bonds is 11. The number of aliphatic hydroxyl groups excluding tert-OH is 2. The van der Waals surface area contributed by atoms with E-state index >= 15 is 0 Å². The van der Waals surface area contributed by atoms with Gasteiger partial charge in [-0.2, -0.15) is 0 Å². The molecule has 2 rings (SSSR count). The van der Waals surface area contributed by atoms with Crippen molar-refractivity contribution in [3.8, 4) is 0 Å². The number of methoxy groups -OCH3 is 1. The number of Topliss-reactive ketones (excluding diaryl/α,β-unsaturated/α-hetero) is 1. The highest BCUT2D eigenvalue weighted by Gasteiger charge is 2.44. The number of hydrogen-bond donors (Lipinski definition) is 2. The van der Waals surface area contributed by atoms with Crippen LogP contribution >= 0.6 is 0 Å². The van der Waals surface area contributed by atoms with Crippen LogP contribution in [0.3, 0.4) is 0 Å². The molecule has 160 valence electrons. The van der Waals surface area contributed by atoms with Gasteiger partial charge in [-0.05, 0) is 37.0 Å². The Hall–Kier alpha value is -1.20. The largest absolute Gasteiger partial charge is 0.469 e. The molecule has 2 aliphatic rings. The Balaban J connectivity index is 1.79. The molecule has 28 heavy (non-hydrogen) atoms. The molecular formula is C23H38O5. The predicted molar refractivity (Wildman–Crippen MR) is 109 cm³/mol. The molecule has 0 aliphatic heterocycles. The summed E-state index contributed by atoms with van der Waals surface area (Å²) < 4.78 is 4.63. The fourth-order valence-electron chi connectivity index (χ4n) is 4.94. The van der Waals surface area contributed by atoms with E-state index in [1.54, 1.807) is 0 Å². The fourth-order valence-corrected chi connectivity index (χ4v) is 4.94. The Morgan fingerprint density at radius 2 is 1.96 bits per heavy atom. The highest BCUT2D eigenvalue weighted by molar-refractivity contribution is 5.84. The Morgan fingerprint density at radius 3 is 2.61 bits per heavy atom. The highest BCUT2D eigenvalue weighted by Crippen LogP contribution is 2.49. The maximum Gasteiger partial charge on any atom is 0.305 e. The predicted octanol–water partition coefficient (Wildman–Crippen LogP) is 3.81. The first-order chi connectivity index (χ1) is 13.3. The summed E-state index contributed by atoms with van der Waals surface area (Å²) >= 11 is 0. The summed E-state index contributed by atoms with van der Waals surface area (Å²) in [5.74, 6) is 0.313. The first kappa shape index (κ1) is 23.1. The Kier molecular flexibility index (Phi) is 8.69. The molecule has 0 aromatic rings. The first-order valence-electron chi connectivity index (χ1n) is 10.9. The summed E-state index contributed by atoms with van der Waals surface area (Å²) in [7, 11) is 1.40. The van der Waals surface area contributed by atoms with E-state index < -0.39 is 12.2 Å². The zero-order valence-corrected chi connectivity index (χ0v) is 17.7. The molecule has 0 unspecified atom stereocenters. The molecule has 2 fully saturated rings. The molecule has 2 saturated carbocycles. The van der Waals surface area contributed by atoms with Crippen molar-refractivity contribution in [1.82, 2.24) is 0 Å². The minimum absolute atomic E-state index is 0.0696. The molecule has 4 atom stereocenters. The zero-order chi connectivity index (χ0) is 20.7. The van der Waals surface area contributed by atoms with E-state index in [2.05, 4.69) is 18.6 Å². The van der Waals surface area contributed by atoms with Crippen LogP contribution in [0.2, 0.25) is 0 Å². The van der Waals surface area contributed by atoms with Gasteiger partial charge in [0, 0.05) is 24.7 Å². The quantitative estimate of drug-likeness (QED) is 0.316. The van der Waals surface area contributed by atoms with E-state index in [1.807, 2.05) is 12.2 Å². The van der Waals surface area contributed by atoms with Crippen molar-refractivity contribution in [1.29, 1.82) is 0 Å². The molecule has 2 aliphatic carbocycles. The second-order valence-corrected chi connectivity index (χ2v) is 9.12. The van der Waals surface area contributed by atoms with Crippen molar-refractivity contribution < 1.29 is 24.5 Å². The number of carbonyl (C=O) groups is 2. The van der Waals surface area contributed by atoms with E-state index in [0.717, 1.165) is 51.4 Å². The van der Waals surface area contributed by atoms with Crippen LogP contribution < -0.4 is 0 Å². The second kappa shape index (κ2) is 10.5. The molecule has 0 saturated heterocycles. The van der Waals surface area contributed by atoms with E-state index in [9.17, 15) is 19.8 Å². The van der Waals surface area contributed by atoms with Gasteiger partial charge in [-0.1, -0.05) is 51.7 Å². The molecule has 5 nitrogen and oxygen atoms in total. The monoisotopic (exact) mass is 394 g/mol. The van der Waals surface area contributed by atoms with Gasteiger partial charge in [0.25, 0.3) is 0 Å². The van der Waals surface area contributed by atoms with E-state index in [1.165, 1.54) is 7.11 Å². The Labute approximate surface area is 169 Å². The Bertz CT molecular complexity index is 549. The molecule has 0 spiro atoms. The summed E-state index contributed by atoms with van der Waals surface area (Å²) in [5.41, 5.74) is -0.0696. The minimum atomic E-state index is -0.641. The number of ether oxygens (including phenoxy) is 1. The van der Waals surface area contributed by atoms with Crippen molar-refractivity contribution in [3.05, 3.63) is 12.2 Å². The van der Waals surface area contributed by atoms with Crippen molar-refractivity contribution >= 4 is 11.8 Å². The zero-order valence-electron chi connectivity index (χ0n) is 17.7. The molecule has 0 heterocycles. The summed E-state index contributed by atoms with van der Waals surface area (Å²) in [6, 6.07) is 0. The van der Waals surface area contributed by atoms with Crippen LogP contribution in [0, 0.1) is 23.2 Å². The topological polar surface area (TPSA) is 83.8 Å². The van der Waals surface area contributed by atoms with Crippen LogP contribution in [0.25, 0.3) is 0 Å². The number of carbonyl (C=O) groups excluding carboxylic acids is 2. The van der Waals surface area contributed by atoms with E-state index in [-0.39, 0.29) is 35.4 Å². The summed E-state index contributed by atoms with van der Waals surface area (Å²) in [6.45, 7) is 4.31. The van der Waals surface area contributed by atoms with Gasteiger partial charge in [-0.3, -0.25) is 9.59 Å². The fraction of sp³-hybridized carbons (Fsp3) is 0.826. The van der Waals surface area contributed by atoms with Crippen LogP contribution in [0.1, 0.15) is 78.1 Å². The highest BCUT2D eigenvalue weighted by atomic mass is 16.5. The van der Waals surface area contributed by atoms with Gasteiger partial charge in [-0.25, -0.2) is 0 Å². The van der Waals surface area contributed by atoms with Crippen LogP contribution in [0.5, 0.6) is 0 Å². The molecule has 2 N–H and O–H groups in total. The summed E-state index contributed by atoms with van der Waals surface area (Å²) in [4.78, 5) is 23.4. The molecule has 5 heteroatoms. The molecule has 0 aromatic heterocycles. The van der Waals surface area contributed by atoms with Gasteiger partial charge in [-0.15, -0.1) is 0 Å². The Morgan fingerprint density at radius 1 is 1.29 bits per heavy atom. The summed E-state index contributed by atoms with van der Waals surface area (Å²) in [5, 5.41) is 20.9. The normalized spacial score (nSPS) is 33.8. The molecule has 0 radical (unpaired) electrons. The molecule has 0 aromatic carbocycles. The average molecular weight is 395 g/mol. The number of hydrogen-bond acceptors (Lipinski definition) is 5. The lowest BCUT2D eigenvalue weighted by Gasteiger charge is -2.47. The van der Waals surface area contributed by atoms with Crippen LogP contribution in [0.4, 0.5) is 0 Å². The van der Waals surface area contributed by atoms with Crippen molar-refractivity contribution in [3.63, 3.8) is 0 Å². The standard InChI is InChI=1S/C23H38O5/c1-4-16-14-23(2,15-16)21(26)12-11-18-17(19(24)13-20(18)25)9-7-5-6-8-10-22(27)28-3/h11-12,16-18,20-21,25-26H,4-10,13-15H2,1-3H3/t16?,17-,18-,20-,21-,23?/m1/s1. The smallest absolute Gasteiger partial charge is 0.305 e. The molecule has 0 bridgehead atoms. The van der Waals surface area contributed by atoms with Crippen LogP contribution in [-0.2, 0) is 14.3 Å². The molecule has 0 amide bonds. The molecular weight excluding hydrogens is 356 g/mol. The van der Waals surface area contributed by atoms with Gasteiger partial charge in [0.05, 0.1) is 19.3 Å². The third-order valence-electron chi connectivity index (χ3n) is 6.92. The number of unbranched alkanes of at least 4 members (excludes halogenated alkanes) is 3. The van der Waals surface area contributed by atoms with Gasteiger partial charge < -0.3 is 14.9 Å².